The van der Waals surface area contributed by atoms with Crippen molar-refractivity contribution in [2.45, 2.75) is 13.2 Å². The summed E-state index contributed by atoms with van der Waals surface area (Å²) in [6, 6.07) is 19.9. The molecule has 144 valence electrons. The topological polar surface area (TPSA) is 67.8 Å². The van der Waals surface area contributed by atoms with Crippen LogP contribution in [0.15, 0.2) is 66.7 Å². The Kier molecular flexibility index (Phi) is 6.40. The first kappa shape index (κ1) is 19.6. The van der Waals surface area contributed by atoms with E-state index in [0.717, 1.165) is 16.8 Å². The summed E-state index contributed by atoms with van der Waals surface area (Å²) in [5.41, 5.74) is 3.00. The predicted molar refractivity (Wildman–Crippen MR) is 110 cm³/mol. The molecule has 3 aromatic rings. The molecule has 0 atom stereocenters. The number of rotatable bonds is 8. The third-order valence-corrected chi connectivity index (χ3v) is 4.57. The van der Waals surface area contributed by atoms with Crippen molar-refractivity contribution in [1.82, 2.24) is 0 Å². The Bertz CT molecular complexity index is 957. The fraction of sp³-hybridized carbons (Fsp3) is 0.136. The van der Waals surface area contributed by atoms with Crippen molar-refractivity contribution >= 4 is 23.3 Å². The van der Waals surface area contributed by atoms with Crippen LogP contribution in [0.25, 0.3) is 0 Å². The molecule has 0 saturated carbocycles. The molecule has 0 radical (unpaired) electrons. The maximum Gasteiger partial charge on any atom is 0.335 e. The summed E-state index contributed by atoms with van der Waals surface area (Å²) in [6.45, 7) is 0.914. The summed E-state index contributed by atoms with van der Waals surface area (Å²) >= 11 is 6.16. The lowest BCUT2D eigenvalue weighted by Gasteiger charge is -2.13. The van der Waals surface area contributed by atoms with E-state index < -0.39 is 5.97 Å². The number of anilines is 1. The lowest BCUT2D eigenvalue weighted by molar-refractivity contribution is 0.0697. The van der Waals surface area contributed by atoms with E-state index in [4.69, 9.17) is 26.2 Å². The Hall–Kier alpha value is -3.18. The van der Waals surface area contributed by atoms with Crippen LogP contribution in [0.2, 0.25) is 5.02 Å². The van der Waals surface area contributed by atoms with Crippen LogP contribution >= 0.6 is 11.6 Å². The highest BCUT2D eigenvalue weighted by molar-refractivity contribution is 6.31. The van der Waals surface area contributed by atoms with Crippen molar-refractivity contribution in [3.05, 3.63) is 88.4 Å². The third kappa shape index (κ3) is 4.96. The Morgan fingerprint density at radius 1 is 1.04 bits per heavy atom. The van der Waals surface area contributed by atoms with Gasteiger partial charge in [-0.3, -0.25) is 0 Å². The van der Waals surface area contributed by atoms with Crippen molar-refractivity contribution in [1.29, 1.82) is 0 Å². The number of carboxylic acid groups (broad SMARTS) is 1. The minimum Gasteiger partial charge on any atom is -0.493 e. The second-order valence-corrected chi connectivity index (χ2v) is 6.51. The van der Waals surface area contributed by atoms with Gasteiger partial charge in [0.1, 0.15) is 6.61 Å². The molecule has 28 heavy (non-hydrogen) atoms. The summed E-state index contributed by atoms with van der Waals surface area (Å²) < 4.78 is 11.3. The van der Waals surface area contributed by atoms with Crippen LogP contribution in [0.1, 0.15) is 21.5 Å². The monoisotopic (exact) mass is 397 g/mol. The lowest BCUT2D eigenvalue weighted by Crippen LogP contribution is -2.02. The molecule has 6 heteroatoms. The molecule has 0 amide bonds. The molecule has 0 heterocycles. The van der Waals surface area contributed by atoms with Gasteiger partial charge in [0, 0.05) is 22.8 Å². The van der Waals surface area contributed by atoms with E-state index >= 15 is 0 Å². The average Bonchev–Trinajstić information content (AvgIpc) is 2.72. The van der Waals surface area contributed by atoms with Crippen LogP contribution in [-0.4, -0.2) is 18.2 Å². The largest absolute Gasteiger partial charge is 0.493 e. The standard InChI is InChI=1S/C22H20ClNO4/c1-27-21-12-15(13-24-18-9-7-16(8-10-18)22(25)26)6-11-20(21)28-14-17-4-2-3-5-19(17)23/h2-12,24H,13-14H2,1H3,(H,25,26). The Morgan fingerprint density at radius 2 is 1.79 bits per heavy atom. The summed E-state index contributed by atoms with van der Waals surface area (Å²) in [7, 11) is 1.60. The summed E-state index contributed by atoms with van der Waals surface area (Å²) in [5.74, 6) is 0.327. The maximum atomic E-state index is 10.9. The molecular formula is C22H20ClNO4. The number of carbonyl (C=O) groups is 1. The molecular weight excluding hydrogens is 378 g/mol. The van der Waals surface area contributed by atoms with E-state index in [0.29, 0.717) is 29.7 Å². The predicted octanol–water partition coefficient (Wildman–Crippen LogP) is 5.24. The maximum absolute atomic E-state index is 10.9. The molecule has 0 saturated heterocycles. The van der Waals surface area contributed by atoms with Crippen molar-refractivity contribution in [2.24, 2.45) is 0 Å². The molecule has 0 spiro atoms. The zero-order valence-electron chi connectivity index (χ0n) is 15.3. The minimum atomic E-state index is -0.941. The second-order valence-electron chi connectivity index (χ2n) is 6.10. The van der Waals surface area contributed by atoms with E-state index in [9.17, 15) is 4.79 Å². The van der Waals surface area contributed by atoms with Gasteiger partial charge in [-0.25, -0.2) is 4.79 Å². The lowest BCUT2D eigenvalue weighted by atomic mass is 10.1. The first-order valence-corrected chi connectivity index (χ1v) is 9.05. The smallest absolute Gasteiger partial charge is 0.335 e. The van der Waals surface area contributed by atoms with Crippen molar-refractivity contribution in [3.63, 3.8) is 0 Å². The quantitative estimate of drug-likeness (QED) is 0.544. The van der Waals surface area contributed by atoms with Crippen LogP contribution in [-0.2, 0) is 13.2 Å². The Labute approximate surface area is 168 Å². The van der Waals surface area contributed by atoms with Gasteiger partial charge >= 0.3 is 5.97 Å². The van der Waals surface area contributed by atoms with Crippen LogP contribution in [0.5, 0.6) is 11.5 Å². The number of methoxy groups -OCH3 is 1. The van der Waals surface area contributed by atoms with Gasteiger partial charge in [-0.2, -0.15) is 0 Å². The van der Waals surface area contributed by atoms with E-state index in [-0.39, 0.29) is 5.56 Å². The van der Waals surface area contributed by atoms with Crippen LogP contribution in [0.3, 0.4) is 0 Å². The molecule has 0 aliphatic heterocycles. The highest BCUT2D eigenvalue weighted by Crippen LogP contribution is 2.30. The molecule has 3 rings (SSSR count). The number of ether oxygens (including phenoxy) is 2. The number of nitrogens with one attached hydrogen (secondary N) is 1. The molecule has 0 unspecified atom stereocenters. The molecule has 3 aromatic carbocycles. The van der Waals surface area contributed by atoms with E-state index in [1.165, 1.54) is 0 Å². The molecule has 0 aliphatic carbocycles. The van der Waals surface area contributed by atoms with Gasteiger partial charge in [0.15, 0.2) is 11.5 Å². The molecule has 5 nitrogen and oxygen atoms in total. The summed E-state index contributed by atoms with van der Waals surface area (Å²) in [4.78, 5) is 10.9. The van der Waals surface area contributed by atoms with Crippen molar-refractivity contribution in [3.8, 4) is 11.5 Å². The molecule has 0 aromatic heterocycles. The third-order valence-electron chi connectivity index (χ3n) is 4.20. The van der Waals surface area contributed by atoms with E-state index in [2.05, 4.69) is 5.32 Å². The van der Waals surface area contributed by atoms with Crippen LogP contribution in [0, 0.1) is 0 Å². The summed E-state index contributed by atoms with van der Waals surface area (Å²) in [5, 5.41) is 12.9. The SMILES string of the molecule is COc1cc(CNc2ccc(C(=O)O)cc2)ccc1OCc1ccccc1Cl. The number of benzene rings is 3. The number of hydrogen-bond donors (Lipinski definition) is 2. The Balaban J connectivity index is 1.63. The highest BCUT2D eigenvalue weighted by Gasteiger charge is 2.08. The van der Waals surface area contributed by atoms with Crippen molar-refractivity contribution < 1.29 is 19.4 Å². The normalized spacial score (nSPS) is 10.4. The van der Waals surface area contributed by atoms with Gasteiger partial charge in [-0.1, -0.05) is 35.9 Å². The fourth-order valence-corrected chi connectivity index (χ4v) is 2.84. The Morgan fingerprint density at radius 3 is 2.46 bits per heavy atom. The number of halogens is 1. The van der Waals surface area contributed by atoms with Gasteiger partial charge in [0.25, 0.3) is 0 Å². The van der Waals surface area contributed by atoms with Gasteiger partial charge in [-0.15, -0.1) is 0 Å². The van der Waals surface area contributed by atoms with Gasteiger partial charge in [-0.05, 0) is 48.0 Å². The zero-order chi connectivity index (χ0) is 19.9. The molecule has 0 bridgehead atoms. The molecule has 0 fully saturated rings. The number of hydrogen-bond acceptors (Lipinski definition) is 4. The van der Waals surface area contributed by atoms with E-state index in [1.807, 2.05) is 42.5 Å². The fourth-order valence-electron chi connectivity index (χ4n) is 2.65. The first-order chi connectivity index (χ1) is 13.6. The zero-order valence-corrected chi connectivity index (χ0v) is 16.1. The van der Waals surface area contributed by atoms with Crippen molar-refractivity contribution in [2.75, 3.05) is 12.4 Å². The minimum absolute atomic E-state index is 0.257. The second kappa shape index (κ2) is 9.15. The first-order valence-electron chi connectivity index (χ1n) is 8.67. The average molecular weight is 398 g/mol. The van der Waals surface area contributed by atoms with Crippen LogP contribution in [0.4, 0.5) is 5.69 Å². The van der Waals surface area contributed by atoms with E-state index in [1.54, 1.807) is 31.4 Å². The highest BCUT2D eigenvalue weighted by atomic mass is 35.5. The number of aromatic carboxylic acids is 1. The summed E-state index contributed by atoms with van der Waals surface area (Å²) in [6.07, 6.45) is 0. The molecule has 0 aliphatic rings. The van der Waals surface area contributed by atoms with Crippen LogP contribution < -0.4 is 14.8 Å². The van der Waals surface area contributed by atoms with Gasteiger partial charge in [0.2, 0.25) is 0 Å². The number of carboxylic acids is 1. The molecule has 2 N–H and O–H groups in total. The van der Waals surface area contributed by atoms with Gasteiger partial charge < -0.3 is 19.9 Å². The van der Waals surface area contributed by atoms with Gasteiger partial charge in [0.05, 0.1) is 12.7 Å².